The molecule has 13 heavy (non-hydrogen) atoms. The number of hydrogen-bond acceptors (Lipinski definition) is 1. The van der Waals surface area contributed by atoms with Crippen molar-refractivity contribution < 1.29 is 4.79 Å². The summed E-state index contributed by atoms with van der Waals surface area (Å²) in [6.45, 7) is 0. The first-order valence-electron chi connectivity index (χ1n) is 4.59. The van der Waals surface area contributed by atoms with Crippen LogP contribution >= 0.6 is 0 Å². The van der Waals surface area contributed by atoms with Crippen LogP contribution in [0.4, 0.5) is 0 Å². The van der Waals surface area contributed by atoms with Crippen LogP contribution in [-0.2, 0) is 4.79 Å². The summed E-state index contributed by atoms with van der Waals surface area (Å²) in [4.78, 5) is 11.1. The Morgan fingerprint density at radius 2 is 1.62 bits per heavy atom. The second kappa shape index (κ2) is 6.18. The molecule has 0 atom stereocenters. The molecule has 0 N–H and O–H groups in total. The van der Waals surface area contributed by atoms with Gasteiger partial charge in [-0.15, -0.1) is 0 Å². The van der Waals surface area contributed by atoms with Crippen LogP contribution in [-0.4, -0.2) is 5.78 Å². The van der Waals surface area contributed by atoms with E-state index in [4.69, 9.17) is 0 Å². The Balaban J connectivity index is 2.58. The summed E-state index contributed by atoms with van der Waals surface area (Å²) in [5.74, 6) is 0.211. The van der Waals surface area contributed by atoms with E-state index < -0.39 is 0 Å². The molecule has 68 valence electrons. The highest BCUT2D eigenvalue weighted by atomic mass is 16.1. The van der Waals surface area contributed by atoms with Crippen LogP contribution in [0, 0.1) is 0 Å². The van der Waals surface area contributed by atoms with Gasteiger partial charge in [0.25, 0.3) is 0 Å². The van der Waals surface area contributed by atoms with Crippen LogP contribution in [0.2, 0.25) is 0 Å². The molecule has 0 saturated carbocycles. The smallest absolute Gasteiger partial charge is 0.155 e. The zero-order valence-electron chi connectivity index (χ0n) is 7.65. The van der Waals surface area contributed by atoms with Crippen LogP contribution in [0.25, 0.3) is 0 Å². The summed E-state index contributed by atoms with van der Waals surface area (Å²) in [7, 11) is 0. The lowest BCUT2D eigenvalue weighted by atomic mass is 10.1. The van der Waals surface area contributed by atoms with Gasteiger partial charge in [0.05, 0.1) is 0 Å². The van der Waals surface area contributed by atoms with E-state index in [1.807, 2.05) is 30.4 Å². The van der Waals surface area contributed by atoms with E-state index >= 15 is 0 Å². The minimum atomic E-state index is 0.211. The van der Waals surface area contributed by atoms with E-state index in [1.54, 1.807) is 12.2 Å². The quantitative estimate of drug-likeness (QED) is 0.551. The molecule has 0 fully saturated rings. The van der Waals surface area contributed by atoms with E-state index in [2.05, 4.69) is 6.08 Å². The van der Waals surface area contributed by atoms with Crippen molar-refractivity contribution in [1.29, 1.82) is 0 Å². The third-order valence-electron chi connectivity index (χ3n) is 1.77. The monoisotopic (exact) mass is 174 g/mol. The summed E-state index contributed by atoms with van der Waals surface area (Å²) < 4.78 is 0. The molecule has 1 rings (SSSR count). The predicted molar refractivity (Wildman–Crippen MR) is 55.4 cm³/mol. The third-order valence-corrected chi connectivity index (χ3v) is 1.77. The average molecular weight is 174 g/mol. The Morgan fingerprint density at radius 1 is 0.923 bits per heavy atom. The molecule has 1 heteroatoms. The molecule has 1 nitrogen and oxygen atoms in total. The Morgan fingerprint density at radius 3 is 2.46 bits per heavy atom. The molecule has 1 aliphatic rings. The molecule has 0 radical (unpaired) electrons. The largest absolute Gasteiger partial charge is 0.295 e. The highest BCUT2D eigenvalue weighted by Gasteiger charge is 1.93. The van der Waals surface area contributed by atoms with Gasteiger partial charge in [-0.05, 0) is 18.9 Å². The van der Waals surface area contributed by atoms with Crippen molar-refractivity contribution in [3.05, 3.63) is 48.6 Å². The Hall–Kier alpha value is -1.37. The number of carbonyl (C=O) groups is 1. The van der Waals surface area contributed by atoms with Gasteiger partial charge in [0.1, 0.15) is 0 Å². The average Bonchev–Trinajstić information content (AvgIpc) is 2.11. The molecule has 0 saturated heterocycles. The summed E-state index contributed by atoms with van der Waals surface area (Å²) in [5, 5.41) is 0. The van der Waals surface area contributed by atoms with Gasteiger partial charge in [0.2, 0.25) is 0 Å². The minimum absolute atomic E-state index is 0.211. The molecule has 0 bridgehead atoms. The lowest BCUT2D eigenvalue weighted by Gasteiger charge is -1.92. The zero-order valence-corrected chi connectivity index (χ0v) is 7.65. The lowest BCUT2D eigenvalue weighted by molar-refractivity contribution is -0.114. The van der Waals surface area contributed by atoms with E-state index in [1.165, 1.54) is 0 Å². The topological polar surface area (TPSA) is 17.1 Å². The van der Waals surface area contributed by atoms with E-state index in [0.717, 1.165) is 12.8 Å². The van der Waals surface area contributed by atoms with Gasteiger partial charge in [0, 0.05) is 6.42 Å². The lowest BCUT2D eigenvalue weighted by Crippen LogP contribution is -1.90. The van der Waals surface area contributed by atoms with Gasteiger partial charge >= 0.3 is 0 Å². The first kappa shape index (κ1) is 9.72. The molecule has 0 spiro atoms. The van der Waals surface area contributed by atoms with Crippen molar-refractivity contribution in [1.82, 2.24) is 0 Å². The Kier molecular flexibility index (Phi) is 4.62. The Bertz CT molecular complexity index is 267. The maximum absolute atomic E-state index is 11.1. The molecule has 0 amide bonds. The molecule has 0 aromatic heterocycles. The van der Waals surface area contributed by atoms with E-state index in [-0.39, 0.29) is 5.78 Å². The second-order valence-electron chi connectivity index (χ2n) is 2.92. The number of rotatable bonds is 0. The number of ketones is 1. The summed E-state index contributed by atoms with van der Waals surface area (Å²) in [6.07, 6.45) is 17.8. The fourth-order valence-corrected chi connectivity index (χ4v) is 1.07. The van der Waals surface area contributed by atoms with Crippen molar-refractivity contribution in [2.24, 2.45) is 0 Å². The standard InChI is InChI=1S/C12H14O/c13-12-10-8-6-4-2-1-3-5-7-9-11-12/h1-6,8,10H,7,9,11H2/b2-1+,5-3-,6-4-,10-8+. The van der Waals surface area contributed by atoms with Crippen molar-refractivity contribution in [2.75, 3.05) is 0 Å². The third kappa shape index (κ3) is 4.96. The fourth-order valence-electron chi connectivity index (χ4n) is 1.07. The van der Waals surface area contributed by atoms with Gasteiger partial charge in [-0.2, -0.15) is 0 Å². The SMILES string of the molecule is O=C1/C=C/C=C\C=C\C=C/CCC1. The Labute approximate surface area is 79.2 Å². The van der Waals surface area contributed by atoms with E-state index in [0.29, 0.717) is 6.42 Å². The maximum Gasteiger partial charge on any atom is 0.155 e. The fraction of sp³-hybridized carbons (Fsp3) is 0.250. The number of allylic oxidation sites excluding steroid dienone is 8. The van der Waals surface area contributed by atoms with Gasteiger partial charge in [-0.3, -0.25) is 4.79 Å². The molecule has 0 aromatic carbocycles. The molecule has 1 aliphatic carbocycles. The normalized spacial score (nSPS) is 28.2. The predicted octanol–water partition coefficient (Wildman–Crippen LogP) is 2.96. The van der Waals surface area contributed by atoms with E-state index in [9.17, 15) is 4.79 Å². The van der Waals surface area contributed by atoms with Crippen LogP contribution in [0.1, 0.15) is 19.3 Å². The highest BCUT2D eigenvalue weighted by Crippen LogP contribution is 2.00. The van der Waals surface area contributed by atoms with Gasteiger partial charge in [-0.1, -0.05) is 42.5 Å². The number of carbonyl (C=O) groups excluding carboxylic acids is 1. The van der Waals surface area contributed by atoms with Crippen molar-refractivity contribution in [2.45, 2.75) is 19.3 Å². The zero-order chi connectivity index (χ0) is 9.36. The molecule has 0 heterocycles. The maximum atomic E-state index is 11.1. The molecule has 0 aliphatic heterocycles. The van der Waals surface area contributed by atoms with Crippen LogP contribution in [0.15, 0.2) is 48.6 Å². The van der Waals surface area contributed by atoms with Crippen LogP contribution < -0.4 is 0 Å². The van der Waals surface area contributed by atoms with Crippen LogP contribution in [0.5, 0.6) is 0 Å². The highest BCUT2D eigenvalue weighted by molar-refractivity contribution is 5.89. The minimum Gasteiger partial charge on any atom is -0.295 e. The van der Waals surface area contributed by atoms with Crippen LogP contribution in [0.3, 0.4) is 0 Å². The first-order valence-corrected chi connectivity index (χ1v) is 4.59. The summed E-state index contributed by atoms with van der Waals surface area (Å²) in [5.41, 5.74) is 0. The molecule has 0 unspecified atom stereocenters. The van der Waals surface area contributed by atoms with Gasteiger partial charge < -0.3 is 0 Å². The summed E-state index contributed by atoms with van der Waals surface area (Å²) >= 11 is 0. The van der Waals surface area contributed by atoms with Crippen molar-refractivity contribution >= 4 is 5.78 Å². The van der Waals surface area contributed by atoms with Gasteiger partial charge in [-0.25, -0.2) is 0 Å². The van der Waals surface area contributed by atoms with Gasteiger partial charge in [0.15, 0.2) is 5.78 Å². The van der Waals surface area contributed by atoms with Crippen molar-refractivity contribution in [3.63, 3.8) is 0 Å². The first-order chi connectivity index (χ1) is 6.39. The molecular formula is C12H14O. The molecular weight excluding hydrogens is 160 g/mol. The number of hydrogen-bond donors (Lipinski definition) is 0. The van der Waals surface area contributed by atoms with Crippen molar-refractivity contribution in [3.8, 4) is 0 Å². The summed E-state index contributed by atoms with van der Waals surface area (Å²) in [6, 6.07) is 0. The molecule has 0 aromatic rings. The second-order valence-corrected chi connectivity index (χ2v) is 2.92.